The van der Waals surface area contributed by atoms with Crippen LogP contribution in [0.3, 0.4) is 0 Å². The lowest BCUT2D eigenvalue weighted by Crippen LogP contribution is -2.52. The summed E-state index contributed by atoms with van der Waals surface area (Å²) in [6.07, 6.45) is 6.64. The molecule has 0 saturated carbocycles. The second-order valence-electron chi connectivity index (χ2n) is 6.44. The van der Waals surface area contributed by atoms with E-state index in [1.807, 2.05) is 22.6 Å². The minimum Gasteiger partial charge on any atom is -0.342 e. The topological polar surface area (TPSA) is 37.3 Å². The Kier molecular flexibility index (Phi) is 4.27. The van der Waals surface area contributed by atoms with Crippen molar-refractivity contribution in [3.63, 3.8) is 0 Å². The highest BCUT2D eigenvalue weighted by atomic mass is 35.5. The first kappa shape index (κ1) is 14.9. The van der Waals surface area contributed by atoms with Crippen molar-refractivity contribution in [1.29, 1.82) is 0 Å². The van der Waals surface area contributed by atoms with Crippen molar-refractivity contribution in [1.82, 2.24) is 14.8 Å². The second-order valence-corrected chi connectivity index (χ2v) is 6.88. The second kappa shape index (κ2) is 6.01. The molecule has 2 aliphatic heterocycles. The van der Waals surface area contributed by atoms with Crippen molar-refractivity contribution in [2.45, 2.75) is 39.2 Å². The Hall–Kier alpha value is -1.00. The van der Waals surface area contributed by atoms with Gasteiger partial charge in [-0.1, -0.05) is 11.6 Å². The maximum atomic E-state index is 12.8. The van der Waals surface area contributed by atoms with Gasteiger partial charge in [0.15, 0.2) is 0 Å². The maximum Gasteiger partial charge on any atom is 0.270 e. The Morgan fingerprint density at radius 2 is 2.24 bits per heavy atom. The molecule has 0 aliphatic carbocycles. The number of hydrogen-bond donors (Lipinski definition) is 1. The molecule has 0 bridgehead atoms. The Balaban J connectivity index is 1.77. The average Bonchev–Trinajstić information content (AvgIpc) is 2.88. The Morgan fingerprint density at radius 3 is 2.95 bits per heavy atom. The normalized spacial score (nSPS) is 26.3. The molecule has 1 aromatic rings. The van der Waals surface area contributed by atoms with E-state index in [1.165, 1.54) is 19.3 Å². The van der Waals surface area contributed by atoms with Gasteiger partial charge >= 0.3 is 0 Å². The standard InChI is InChI=1S/C16H24ClN3O/c1-2-19-10-13(17)9-14(19)15(21)20-8-4-6-16(12-20)5-3-7-18-11-16/h9-10,18H,2-8,11-12H2,1H3. The van der Waals surface area contributed by atoms with Crippen LogP contribution in [0.15, 0.2) is 12.3 Å². The SMILES string of the molecule is CCn1cc(Cl)cc1C(=O)N1CCCC2(CCCNC2)C1. The molecule has 5 heteroatoms. The fourth-order valence-corrected chi connectivity index (χ4v) is 4.06. The summed E-state index contributed by atoms with van der Waals surface area (Å²) in [5.41, 5.74) is 1.02. The molecule has 1 unspecified atom stereocenters. The molecular weight excluding hydrogens is 286 g/mol. The van der Waals surface area contributed by atoms with Crippen molar-refractivity contribution in [3.05, 3.63) is 23.0 Å². The van der Waals surface area contributed by atoms with Crippen LogP contribution in [-0.2, 0) is 6.54 Å². The molecule has 116 valence electrons. The summed E-state index contributed by atoms with van der Waals surface area (Å²) in [5, 5.41) is 4.15. The van der Waals surface area contributed by atoms with Gasteiger partial charge in [-0.05, 0) is 45.2 Å². The molecule has 2 saturated heterocycles. The minimum atomic E-state index is 0.133. The first-order chi connectivity index (χ1) is 10.1. The molecule has 1 N–H and O–H groups in total. The number of carbonyl (C=O) groups is 1. The highest BCUT2D eigenvalue weighted by molar-refractivity contribution is 6.31. The quantitative estimate of drug-likeness (QED) is 0.912. The minimum absolute atomic E-state index is 0.133. The molecule has 1 spiro atoms. The van der Waals surface area contributed by atoms with Crippen molar-refractivity contribution in [3.8, 4) is 0 Å². The summed E-state index contributed by atoms with van der Waals surface area (Å²) in [6, 6.07) is 1.80. The third kappa shape index (κ3) is 2.97. The van der Waals surface area contributed by atoms with Gasteiger partial charge < -0.3 is 14.8 Å². The van der Waals surface area contributed by atoms with Crippen LogP contribution in [0.5, 0.6) is 0 Å². The molecule has 1 atom stereocenters. The predicted octanol–water partition coefficient (Wildman–Crippen LogP) is 2.77. The highest BCUT2D eigenvalue weighted by Crippen LogP contribution is 2.36. The first-order valence-electron chi connectivity index (χ1n) is 7.99. The van der Waals surface area contributed by atoms with Crippen LogP contribution in [-0.4, -0.2) is 41.6 Å². The number of aromatic nitrogens is 1. The molecule has 1 amide bonds. The van der Waals surface area contributed by atoms with Gasteiger partial charge in [-0.15, -0.1) is 0 Å². The van der Waals surface area contributed by atoms with Gasteiger partial charge in [0.05, 0.1) is 5.02 Å². The third-order valence-electron chi connectivity index (χ3n) is 4.93. The maximum absolute atomic E-state index is 12.8. The van der Waals surface area contributed by atoms with Crippen LogP contribution in [0.4, 0.5) is 0 Å². The Bertz CT molecular complexity index is 514. The molecule has 1 aromatic heterocycles. The van der Waals surface area contributed by atoms with Crippen LogP contribution in [0.1, 0.15) is 43.1 Å². The van der Waals surface area contributed by atoms with Crippen LogP contribution in [0.2, 0.25) is 5.02 Å². The smallest absolute Gasteiger partial charge is 0.270 e. The molecule has 0 aromatic carbocycles. The first-order valence-corrected chi connectivity index (χ1v) is 8.37. The van der Waals surface area contributed by atoms with Crippen molar-refractivity contribution >= 4 is 17.5 Å². The van der Waals surface area contributed by atoms with Crippen molar-refractivity contribution < 1.29 is 4.79 Å². The Morgan fingerprint density at radius 1 is 1.43 bits per heavy atom. The van der Waals surface area contributed by atoms with Gasteiger partial charge in [0, 0.05) is 37.8 Å². The molecule has 4 nitrogen and oxygen atoms in total. The number of likely N-dealkylation sites (tertiary alicyclic amines) is 1. The van der Waals surface area contributed by atoms with Crippen molar-refractivity contribution in [2.24, 2.45) is 5.41 Å². The van der Waals surface area contributed by atoms with Crippen LogP contribution in [0, 0.1) is 5.41 Å². The lowest BCUT2D eigenvalue weighted by Gasteiger charge is -2.45. The van der Waals surface area contributed by atoms with Crippen LogP contribution in [0.25, 0.3) is 0 Å². The number of nitrogens with zero attached hydrogens (tertiary/aromatic N) is 2. The predicted molar refractivity (Wildman–Crippen MR) is 84.8 cm³/mol. The van der Waals surface area contributed by atoms with Gasteiger partial charge in [-0.3, -0.25) is 4.79 Å². The van der Waals surface area contributed by atoms with E-state index in [4.69, 9.17) is 11.6 Å². The van der Waals surface area contributed by atoms with E-state index >= 15 is 0 Å². The van der Waals surface area contributed by atoms with Gasteiger partial charge in [-0.25, -0.2) is 0 Å². The van der Waals surface area contributed by atoms with E-state index in [1.54, 1.807) is 6.07 Å². The number of aryl methyl sites for hydroxylation is 1. The molecular formula is C16H24ClN3O. The summed E-state index contributed by atoms with van der Waals surface area (Å²) < 4.78 is 1.95. The fraction of sp³-hybridized carbons (Fsp3) is 0.688. The van der Waals surface area contributed by atoms with Crippen molar-refractivity contribution in [2.75, 3.05) is 26.2 Å². The number of carbonyl (C=O) groups excluding carboxylic acids is 1. The molecule has 21 heavy (non-hydrogen) atoms. The van der Waals surface area contributed by atoms with Gasteiger partial charge in [-0.2, -0.15) is 0 Å². The Labute approximate surface area is 131 Å². The zero-order chi connectivity index (χ0) is 14.9. The number of piperidine rings is 2. The average molecular weight is 310 g/mol. The van der Waals surface area contributed by atoms with Gasteiger partial charge in [0.1, 0.15) is 5.69 Å². The lowest BCUT2D eigenvalue weighted by atomic mass is 9.74. The summed E-state index contributed by atoms with van der Waals surface area (Å²) in [4.78, 5) is 14.9. The molecule has 2 fully saturated rings. The zero-order valence-corrected chi connectivity index (χ0v) is 13.5. The highest BCUT2D eigenvalue weighted by Gasteiger charge is 2.38. The molecule has 0 radical (unpaired) electrons. The fourth-order valence-electron chi connectivity index (χ4n) is 3.84. The van der Waals surface area contributed by atoms with E-state index in [0.717, 1.165) is 44.8 Å². The van der Waals surface area contributed by atoms with Gasteiger partial charge in [0.25, 0.3) is 5.91 Å². The molecule has 2 aliphatic rings. The van der Waals surface area contributed by atoms with E-state index in [9.17, 15) is 4.79 Å². The molecule has 3 heterocycles. The summed E-state index contributed by atoms with van der Waals surface area (Å²) in [7, 11) is 0. The number of rotatable bonds is 2. The van der Waals surface area contributed by atoms with E-state index in [2.05, 4.69) is 5.32 Å². The van der Waals surface area contributed by atoms with E-state index < -0.39 is 0 Å². The lowest BCUT2D eigenvalue weighted by molar-refractivity contribution is 0.0425. The van der Waals surface area contributed by atoms with Crippen LogP contribution < -0.4 is 5.32 Å². The van der Waals surface area contributed by atoms with Crippen LogP contribution >= 0.6 is 11.6 Å². The summed E-state index contributed by atoms with van der Waals surface area (Å²) in [6.45, 7) is 6.72. The van der Waals surface area contributed by atoms with E-state index in [0.29, 0.717) is 10.4 Å². The molecule has 3 rings (SSSR count). The number of halogens is 1. The van der Waals surface area contributed by atoms with E-state index in [-0.39, 0.29) is 5.91 Å². The zero-order valence-electron chi connectivity index (χ0n) is 12.7. The van der Waals surface area contributed by atoms with Gasteiger partial charge in [0.2, 0.25) is 0 Å². The summed E-state index contributed by atoms with van der Waals surface area (Å²) >= 11 is 6.07. The number of nitrogens with one attached hydrogen (secondary N) is 1. The summed E-state index contributed by atoms with van der Waals surface area (Å²) in [5.74, 6) is 0.133. The largest absolute Gasteiger partial charge is 0.342 e. The number of amides is 1. The third-order valence-corrected chi connectivity index (χ3v) is 5.14. The monoisotopic (exact) mass is 309 g/mol. The number of hydrogen-bond acceptors (Lipinski definition) is 2.